The van der Waals surface area contributed by atoms with Gasteiger partial charge < -0.3 is 4.90 Å². The maximum atomic E-state index is 10.9. The number of carbonyl (C=O) groups is 1. The number of rotatable bonds is 2. The van der Waals surface area contributed by atoms with Crippen molar-refractivity contribution in [2.45, 2.75) is 19.4 Å². The Morgan fingerprint density at radius 1 is 1.44 bits per heavy atom. The molecular formula is C11H12N6O. The first-order valence-corrected chi connectivity index (χ1v) is 5.73. The van der Waals surface area contributed by atoms with Crippen LogP contribution in [0.1, 0.15) is 24.4 Å². The second-order valence-electron chi connectivity index (χ2n) is 4.17. The van der Waals surface area contributed by atoms with E-state index in [2.05, 4.69) is 20.3 Å². The van der Waals surface area contributed by atoms with Gasteiger partial charge in [0.05, 0.1) is 17.9 Å². The zero-order valence-corrected chi connectivity index (χ0v) is 9.89. The van der Waals surface area contributed by atoms with E-state index in [4.69, 9.17) is 0 Å². The summed E-state index contributed by atoms with van der Waals surface area (Å²) in [5.41, 5.74) is 1.83. The van der Waals surface area contributed by atoms with Crippen LogP contribution in [0.5, 0.6) is 0 Å². The van der Waals surface area contributed by atoms with E-state index in [-0.39, 0.29) is 6.04 Å². The molecule has 0 aliphatic carbocycles. The third-order valence-corrected chi connectivity index (χ3v) is 3.20. The van der Waals surface area contributed by atoms with Gasteiger partial charge in [-0.05, 0) is 6.92 Å². The predicted octanol–water partition coefficient (Wildman–Crippen LogP) is 0.133. The topological polar surface area (TPSA) is 76.8 Å². The van der Waals surface area contributed by atoms with Crippen LogP contribution in [0.4, 0.5) is 0 Å². The number of hydrogen-bond donors (Lipinski definition) is 0. The van der Waals surface area contributed by atoms with E-state index in [9.17, 15) is 4.79 Å². The lowest BCUT2D eigenvalue weighted by molar-refractivity contribution is -0.120. The Morgan fingerprint density at radius 2 is 2.33 bits per heavy atom. The first-order chi connectivity index (χ1) is 8.81. The van der Waals surface area contributed by atoms with Crippen molar-refractivity contribution < 1.29 is 4.79 Å². The Kier molecular flexibility index (Phi) is 2.51. The van der Waals surface area contributed by atoms with Crippen molar-refractivity contribution in [1.82, 2.24) is 29.9 Å². The van der Waals surface area contributed by atoms with E-state index in [0.29, 0.717) is 12.4 Å². The summed E-state index contributed by atoms with van der Waals surface area (Å²) in [6.45, 7) is 2.62. The zero-order valence-electron chi connectivity index (χ0n) is 9.89. The van der Waals surface area contributed by atoms with Crippen LogP contribution in [0.3, 0.4) is 0 Å². The van der Waals surface area contributed by atoms with E-state index in [1.54, 1.807) is 28.2 Å². The molecule has 1 amide bonds. The van der Waals surface area contributed by atoms with Gasteiger partial charge in [-0.3, -0.25) is 9.78 Å². The van der Waals surface area contributed by atoms with Crippen LogP contribution < -0.4 is 0 Å². The van der Waals surface area contributed by atoms with E-state index in [1.807, 2.05) is 6.92 Å². The number of amides is 1. The molecule has 0 saturated carbocycles. The van der Waals surface area contributed by atoms with Gasteiger partial charge in [-0.2, -0.15) is 4.68 Å². The maximum absolute atomic E-state index is 10.9. The van der Waals surface area contributed by atoms with E-state index < -0.39 is 0 Å². The summed E-state index contributed by atoms with van der Waals surface area (Å²) in [6.07, 6.45) is 6.46. The third-order valence-electron chi connectivity index (χ3n) is 3.20. The van der Waals surface area contributed by atoms with Crippen molar-refractivity contribution in [1.29, 1.82) is 0 Å². The molecule has 0 radical (unpaired) electrons. The van der Waals surface area contributed by atoms with Crippen LogP contribution in [0, 0.1) is 0 Å². The summed E-state index contributed by atoms with van der Waals surface area (Å²) in [6, 6.07) is -0.0447. The molecule has 0 fully saturated rings. The Bertz CT molecular complexity index is 566. The van der Waals surface area contributed by atoms with Crippen LogP contribution >= 0.6 is 0 Å². The second kappa shape index (κ2) is 4.17. The minimum atomic E-state index is -0.0447. The fraction of sp³-hybridized carbons (Fsp3) is 0.364. The molecule has 1 aliphatic rings. The maximum Gasteiger partial charge on any atom is 0.210 e. The molecule has 18 heavy (non-hydrogen) atoms. The molecule has 1 aliphatic heterocycles. The molecule has 1 atom stereocenters. The predicted molar refractivity (Wildman–Crippen MR) is 61.8 cm³/mol. The van der Waals surface area contributed by atoms with Gasteiger partial charge in [0.25, 0.3) is 0 Å². The first-order valence-electron chi connectivity index (χ1n) is 5.73. The molecule has 3 heterocycles. The lowest BCUT2D eigenvalue weighted by Crippen LogP contribution is -2.33. The van der Waals surface area contributed by atoms with E-state index in [0.717, 1.165) is 24.2 Å². The quantitative estimate of drug-likeness (QED) is 0.702. The highest BCUT2D eigenvalue weighted by atomic mass is 16.1. The highest BCUT2D eigenvalue weighted by Gasteiger charge is 2.28. The highest BCUT2D eigenvalue weighted by molar-refractivity contribution is 5.49. The lowest BCUT2D eigenvalue weighted by Gasteiger charge is -2.28. The molecule has 7 heteroatoms. The normalized spacial score (nSPS) is 18.5. The molecule has 0 N–H and O–H groups in total. The molecule has 0 bridgehead atoms. The summed E-state index contributed by atoms with van der Waals surface area (Å²) in [7, 11) is 0. The molecule has 1 unspecified atom stereocenters. The van der Waals surface area contributed by atoms with Crippen LogP contribution in [0.25, 0.3) is 5.82 Å². The molecule has 0 saturated heterocycles. The van der Waals surface area contributed by atoms with Crippen LogP contribution in [-0.2, 0) is 11.2 Å². The van der Waals surface area contributed by atoms with Crippen molar-refractivity contribution in [3.05, 3.63) is 30.0 Å². The zero-order chi connectivity index (χ0) is 12.5. The molecule has 2 aromatic heterocycles. The molecule has 0 aromatic carbocycles. The number of fused-ring (bicyclic) bond motifs is 1. The second-order valence-corrected chi connectivity index (χ2v) is 4.17. The Morgan fingerprint density at radius 3 is 3.06 bits per heavy atom. The number of aromatic nitrogens is 5. The van der Waals surface area contributed by atoms with Crippen LogP contribution in [0.2, 0.25) is 0 Å². The highest BCUT2D eigenvalue weighted by Crippen LogP contribution is 2.26. The summed E-state index contributed by atoms with van der Waals surface area (Å²) >= 11 is 0. The monoisotopic (exact) mass is 244 g/mol. The van der Waals surface area contributed by atoms with Crippen molar-refractivity contribution in [2.24, 2.45) is 0 Å². The third kappa shape index (κ3) is 1.55. The minimum Gasteiger partial charge on any atom is -0.336 e. The Labute approximate surface area is 103 Å². The molecule has 0 spiro atoms. The smallest absolute Gasteiger partial charge is 0.210 e. The van der Waals surface area contributed by atoms with Crippen LogP contribution in [0.15, 0.2) is 18.6 Å². The van der Waals surface area contributed by atoms with Crippen molar-refractivity contribution >= 4 is 6.41 Å². The van der Waals surface area contributed by atoms with Gasteiger partial charge in [0.1, 0.15) is 5.69 Å². The van der Waals surface area contributed by atoms with Gasteiger partial charge in [-0.25, -0.2) is 4.98 Å². The molecule has 3 rings (SSSR count). The summed E-state index contributed by atoms with van der Waals surface area (Å²) in [4.78, 5) is 20.9. The molecule has 2 aromatic rings. The van der Waals surface area contributed by atoms with Crippen molar-refractivity contribution in [3.63, 3.8) is 0 Å². The standard InChI is InChI=1S/C11H12N6O/c1-8-11-9(2-5-16(8)7-18)17(15-14-11)10-6-12-3-4-13-10/h3-4,6-8H,2,5H2,1H3. The summed E-state index contributed by atoms with van der Waals surface area (Å²) in [5, 5.41) is 8.27. The van der Waals surface area contributed by atoms with Gasteiger partial charge in [0.15, 0.2) is 5.82 Å². The fourth-order valence-electron chi connectivity index (χ4n) is 2.19. The SMILES string of the molecule is CC1c2nnn(-c3cnccn3)c2CCN1C=O. The number of nitrogens with zero attached hydrogens (tertiary/aromatic N) is 6. The Balaban J connectivity index is 2.05. The Hall–Kier alpha value is -2.31. The summed E-state index contributed by atoms with van der Waals surface area (Å²) in [5.74, 6) is 0.651. The van der Waals surface area contributed by atoms with E-state index >= 15 is 0 Å². The first kappa shape index (κ1) is 10.8. The van der Waals surface area contributed by atoms with Gasteiger partial charge in [0.2, 0.25) is 6.41 Å². The fourth-order valence-corrected chi connectivity index (χ4v) is 2.19. The molecule has 7 nitrogen and oxygen atoms in total. The number of hydrogen-bond acceptors (Lipinski definition) is 5. The number of carbonyl (C=O) groups excluding carboxylic acids is 1. The summed E-state index contributed by atoms with van der Waals surface area (Å²) < 4.78 is 1.70. The largest absolute Gasteiger partial charge is 0.336 e. The van der Waals surface area contributed by atoms with E-state index in [1.165, 1.54) is 0 Å². The van der Waals surface area contributed by atoms with Crippen molar-refractivity contribution in [2.75, 3.05) is 6.54 Å². The average Bonchev–Trinajstić information content (AvgIpc) is 2.85. The van der Waals surface area contributed by atoms with Crippen LogP contribution in [-0.4, -0.2) is 42.8 Å². The van der Waals surface area contributed by atoms with Gasteiger partial charge in [0, 0.05) is 25.4 Å². The minimum absolute atomic E-state index is 0.0447. The molecular weight excluding hydrogens is 232 g/mol. The van der Waals surface area contributed by atoms with Gasteiger partial charge >= 0.3 is 0 Å². The lowest BCUT2D eigenvalue weighted by atomic mass is 10.1. The van der Waals surface area contributed by atoms with Gasteiger partial charge in [-0.1, -0.05) is 5.21 Å². The molecule has 92 valence electrons. The average molecular weight is 244 g/mol. The van der Waals surface area contributed by atoms with Gasteiger partial charge in [-0.15, -0.1) is 5.10 Å². The van der Waals surface area contributed by atoms with Crippen molar-refractivity contribution in [3.8, 4) is 5.82 Å².